The first kappa shape index (κ1) is 30.6. The Morgan fingerprint density at radius 2 is 1.28 bits per heavy atom. The van der Waals surface area contributed by atoms with E-state index < -0.39 is 0 Å². The maximum atomic E-state index is 13.2. The quantitative estimate of drug-likeness (QED) is 0.268. The van der Waals surface area contributed by atoms with E-state index in [0.717, 1.165) is 23.1 Å². The molecule has 0 saturated heterocycles. The van der Waals surface area contributed by atoms with Crippen LogP contribution in [0, 0.1) is 11.3 Å². The van der Waals surface area contributed by atoms with Gasteiger partial charge in [0.15, 0.2) is 0 Å². The van der Waals surface area contributed by atoms with Crippen molar-refractivity contribution in [2.45, 2.75) is 60.2 Å². The molecule has 1 aliphatic carbocycles. The van der Waals surface area contributed by atoms with E-state index >= 15 is 0 Å². The molecule has 2 amide bonds. The predicted molar refractivity (Wildman–Crippen MR) is 156 cm³/mol. The zero-order valence-electron chi connectivity index (χ0n) is 24.2. The van der Waals surface area contributed by atoms with Crippen molar-refractivity contribution >= 4 is 11.8 Å². The van der Waals surface area contributed by atoms with Crippen molar-refractivity contribution in [3.05, 3.63) is 83.4 Å². The van der Waals surface area contributed by atoms with Gasteiger partial charge < -0.3 is 19.3 Å². The number of hydrogen-bond donors (Lipinski definition) is 0. The lowest BCUT2D eigenvalue weighted by Gasteiger charge is -2.29. The van der Waals surface area contributed by atoms with Crippen molar-refractivity contribution in [2.75, 3.05) is 39.4 Å². The van der Waals surface area contributed by atoms with E-state index in [1.807, 2.05) is 73.9 Å². The fourth-order valence-corrected chi connectivity index (χ4v) is 5.56. The zero-order valence-corrected chi connectivity index (χ0v) is 24.2. The van der Waals surface area contributed by atoms with Gasteiger partial charge >= 0.3 is 0 Å². The second-order valence-electron chi connectivity index (χ2n) is 10.5. The first-order valence-corrected chi connectivity index (χ1v) is 14.4. The molecule has 0 radical (unpaired) electrons. The molecule has 0 spiro atoms. The van der Waals surface area contributed by atoms with E-state index in [1.54, 1.807) is 6.08 Å². The molecule has 0 aromatic heterocycles. The van der Waals surface area contributed by atoms with E-state index in [0.29, 0.717) is 65.4 Å². The molecule has 1 saturated carbocycles. The van der Waals surface area contributed by atoms with Gasteiger partial charge in [-0.3, -0.25) is 9.59 Å². The van der Waals surface area contributed by atoms with Gasteiger partial charge in [-0.05, 0) is 57.6 Å². The number of rotatable bonds is 15. The zero-order chi connectivity index (χ0) is 28.1. The molecule has 6 heteroatoms. The Balaban J connectivity index is 1.84. The number of allylic oxidation sites excluding steroid dienone is 1. The largest absolute Gasteiger partial charge is 0.376 e. The minimum atomic E-state index is -0.312. The number of amides is 2. The van der Waals surface area contributed by atoms with Gasteiger partial charge in [-0.15, -0.1) is 0 Å². The Morgan fingerprint density at radius 1 is 0.795 bits per heavy atom. The standard InChI is InChI=1S/C33H46N2O4/c1-5-34(6-2)31(36)19-29-21-33(25-38-23-27-15-11-9-12-16-27,26-39-24-28-17-13-10-14-18-28)22-30(29)20-32(37)35(7-3)8-4/h9-19,30H,5-8,20-26H2,1-4H3/b29-19+. The third-order valence-electron chi connectivity index (χ3n) is 7.74. The predicted octanol–water partition coefficient (Wildman–Crippen LogP) is 5.87. The number of carbonyl (C=O) groups excluding carboxylic acids is 2. The molecular formula is C33H46N2O4. The minimum absolute atomic E-state index is 0.0153. The van der Waals surface area contributed by atoms with Gasteiger partial charge in [-0.25, -0.2) is 0 Å². The second-order valence-corrected chi connectivity index (χ2v) is 10.5. The van der Waals surface area contributed by atoms with Crippen LogP contribution in [0.15, 0.2) is 72.3 Å². The Morgan fingerprint density at radius 3 is 1.74 bits per heavy atom. The number of hydrogen-bond acceptors (Lipinski definition) is 4. The van der Waals surface area contributed by atoms with Crippen LogP contribution in [0.4, 0.5) is 0 Å². The van der Waals surface area contributed by atoms with Gasteiger partial charge in [0.1, 0.15) is 0 Å². The Bertz CT molecular complexity index is 1000. The molecule has 212 valence electrons. The highest BCUT2D eigenvalue weighted by molar-refractivity contribution is 5.88. The van der Waals surface area contributed by atoms with Crippen molar-refractivity contribution in [1.29, 1.82) is 0 Å². The van der Waals surface area contributed by atoms with Crippen LogP contribution in [-0.2, 0) is 32.3 Å². The summed E-state index contributed by atoms with van der Waals surface area (Å²) in [5.74, 6) is 0.136. The number of carbonyl (C=O) groups is 2. The van der Waals surface area contributed by atoms with E-state index in [2.05, 4.69) is 24.3 Å². The van der Waals surface area contributed by atoms with Crippen LogP contribution >= 0.6 is 0 Å². The van der Waals surface area contributed by atoms with Crippen LogP contribution in [0.5, 0.6) is 0 Å². The van der Waals surface area contributed by atoms with Crippen LogP contribution in [0.25, 0.3) is 0 Å². The lowest BCUT2D eigenvalue weighted by atomic mass is 9.86. The van der Waals surface area contributed by atoms with Crippen molar-refractivity contribution in [2.24, 2.45) is 11.3 Å². The first-order valence-electron chi connectivity index (χ1n) is 14.4. The molecule has 1 atom stereocenters. The van der Waals surface area contributed by atoms with Crippen molar-refractivity contribution in [3.63, 3.8) is 0 Å². The van der Waals surface area contributed by atoms with Gasteiger partial charge in [0.05, 0.1) is 26.4 Å². The molecule has 1 unspecified atom stereocenters. The summed E-state index contributed by atoms with van der Waals surface area (Å²) in [6.07, 6.45) is 3.63. The monoisotopic (exact) mass is 534 g/mol. The van der Waals surface area contributed by atoms with E-state index in [-0.39, 0.29) is 23.1 Å². The molecule has 0 heterocycles. The number of benzene rings is 2. The first-order chi connectivity index (χ1) is 18.9. The highest BCUT2D eigenvalue weighted by Gasteiger charge is 2.44. The number of ether oxygens (including phenoxy) is 2. The summed E-state index contributed by atoms with van der Waals surface area (Å²) in [6.45, 7) is 12.7. The molecule has 0 bridgehead atoms. The number of nitrogens with zero attached hydrogens (tertiary/aromatic N) is 2. The molecule has 0 N–H and O–H groups in total. The molecule has 1 fully saturated rings. The van der Waals surface area contributed by atoms with Crippen molar-refractivity contribution in [3.8, 4) is 0 Å². The second kappa shape index (κ2) is 15.6. The molecule has 39 heavy (non-hydrogen) atoms. The summed E-state index contributed by atoms with van der Waals surface area (Å²) in [5, 5.41) is 0. The number of likely N-dealkylation sites (N-methyl/N-ethyl adjacent to an activating group) is 1. The van der Waals surface area contributed by atoms with Gasteiger partial charge in [0.25, 0.3) is 0 Å². The van der Waals surface area contributed by atoms with Crippen LogP contribution in [0.2, 0.25) is 0 Å². The lowest BCUT2D eigenvalue weighted by molar-refractivity contribution is -0.132. The van der Waals surface area contributed by atoms with Crippen LogP contribution in [0.1, 0.15) is 58.1 Å². The normalized spacial score (nSPS) is 17.3. The van der Waals surface area contributed by atoms with Crippen molar-refractivity contribution in [1.82, 2.24) is 9.80 Å². The summed E-state index contributed by atoms with van der Waals surface area (Å²) >= 11 is 0. The van der Waals surface area contributed by atoms with E-state index in [9.17, 15) is 9.59 Å². The smallest absolute Gasteiger partial charge is 0.246 e. The van der Waals surface area contributed by atoms with Crippen molar-refractivity contribution < 1.29 is 19.1 Å². The van der Waals surface area contributed by atoms with Gasteiger partial charge in [-0.2, -0.15) is 0 Å². The van der Waals surface area contributed by atoms with Gasteiger partial charge in [0.2, 0.25) is 11.8 Å². The fourth-order valence-electron chi connectivity index (χ4n) is 5.56. The fraction of sp³-hybridized carbons (Fsp3) is 0.515. The van der Waals surface area contributed by atoms with Crippen LogP contribution < -0.4 is 0 Å². The molecule has 3 rings (SSSR count). The molecule has 2 aromatic carbocycles. The maximum absolute atomic E-state index is 13.2. The highest BCUT2D eigenvalue weighted by atomic mass is 16.5. The summed E-state index contributed by atoms with van der Waals surface area (Å²) in [6, 6.07) is 20.3. The van der Waals surface area contributed by atoms with E-state index in [4.69, 9.17) is 9.47 Å². The third-order valence-corrected chi connectivity index (χ3v) is 7.74. The van der Waals surface area contributed by atoms with Gasteiger partial charge in [0, 0.05) is 44.1 Å². The molecule has 1 aliphatic rings. The Labute approximate surface area is 235 Å². The van der Waals surface area contributed by atoms with Crippen LogP contribution in [-0.4, -0.2) is 61.0 Å². The summed E-state index contributed by atoms with van der Waals surface area (Å²) in [5.41, 5.74) is 2.97. The highest BCUT2D eigenvalue weighted by Crippen LogP contribution is 2.48. The summed E-state index contributed by atoms with van der Waals surface area (Å²) in [7, 11) is 0. The molecule has 2 aromatic rings. The minimum Gasteiger partial charge on any atom is -0.376 e. The lowest BCUT2D eigenvalue weighted by Crippen LogP contribution is -2.33. The average molecular weight is 535 g/mol. The topological polar surface area (TPSA) is 59.1 Å². The summed E-state index contributed by atoms with van der Waals surface area (Å²) in [4.78, 5) is 30.0. The molecule has 6 nitrogen and oxygen atoms in total. The average Bonchev–Trinajstić information content (AvgIpc) is 3.27. The summed E-state index contributed by atoms with van der Waals surface area (Å²) < 4.78 is 12.6. The van der Waals surface area contributed by atoms with Gasteiger partial charge in [-0.1, -0.05) is 66.2 Å². The Hall–Kier alpha value is -2.96. The molecular weight excluding hydrogens is 488 g/mol. The maximum Gasteiger partial charge on any atom is 0.246 e. The molecule has 0 aliphatic heterocycles. The SMILES string of the molecule is CCN(CC)C(=O)/C=C1\CC(COCc2ccccc2)(COCc2ccccc2)CC1CC(=O)N(CC)CC. The van der Waals surface area contributed by atoms with Crippen LogP contribution in [0.3, 0.4) is 0 Å². The van der Waals surface area contributed by atoms with E-state index in [1.165, 1.54) is 0 Å². The Kier molecular flexibility index (Phi) is 12.2. The third kappa shape index (κ3) is 9.04.